The molecule has 0 aromatic heterocycles. The number of amides is 4. The van der Waals surface area contributed by atoms with Crippen LogP contribution >= 0.6 is 0 Å². The summed E-state index contributed by atoms with van der Waals surface area (Å²) >= 11 is 0. The third-order valence-electron chi connectivity index (χ3n) is 6.17. The minimum absolute atomic E-state index is 0.146. The molecule has 0 aliphatic carbocycles. The number of benzene rings is 3. The van der Waals surface area contributed by atoms with E-state index in [9.17, 15) is 14.4 Å². The molecule has 1 N–H and O–H groups in total. The van der Waals surface area contributed by atoms with Gasteiger partial charge in [-0.1, -0.05) is 47.5 Å². The maximum Gasteiger partial charge on any atom is 0.335 e. The predicted octanol–water partition coefficient (Wildman–Crippen LogP) is 5.56. The average molecular weight is 499 g/mol. The molecule has 3 aromatic carbocycles. The number of ether oxygens (including phenoxy) is 2. The quantitative estimate of drug-likeness (QED) is 0.340. The van der Waals surface area contributed by atoms with E-state index in [1.165, 1.54) is 6.08 Å². The van der Waals surface area contributed by atoms with Gasteiger partial charge in [0.1, 0.15) is 12.2 Å². The number of carbonyl (C=O) groups is 3. The van der Waals surface area contributed by atoms with Gasteiger partial charge in [-0.3, -0.25) is 14.9 Å². The molecule has 1 heterocycles. The van der Waals surface area contributed by atoms with Gasteiger partial charge in [-0.15, -0.1) is 0 Å². The predicted molar refractivity (Wildman–Crippen MR) is 143 cm³/mol. The molecule has 0 unspecified atom stereocenters. The van der Waals surface area contributed by atoms with Crippen molar-refractivity contribution < 1.29 is 23.9 Å². The lowest BCUT2D eigenvalue weighted by Gasteiger charge is -2.28. The summed E-state index contributed by atoms with van der Waals surface area (Å²) in [5.74, 6) is -0.387. The van der Waals surface area contributed by atoms with E-state index in [2.05, 4.69) is 23.5 Å². The van der Waals surface area contributed by atoms with Crippen LogP contribution in [-0.4, -0.2) is 24.5 Å². The van der Waals surface area contributed by atoms with Gasteiger partial charge in [-0.2, -0.15) is 0 Å². The molecular weight excluding hydrogens is 468 g/mol. The molecule has 0 atom stereocenters. The Balaban J connectivity index is 1.63. The Morgan fingerprint density at radius 1 is 0.865 bits per heavy atom. The number of barbiturate groups is 1. The lowest BCUT2D eigenvalue weighted by Crippen LogP contribution is -2.54. The molecule has 7 nitrogen and oxygen atoms in total. The number of nitrogens with one attached hydrogen (secondary N) is 1. The van der Waals surface area contributed by atoms with Crippen molar-refractivity contribution in [1.82, 2.24) is 5.32 Å². The molecule has 0 bridgehead atoms. The molecule has 37 heavy (non-hydrogen) atoms. The monoisotopic (exact) mass is 498 g/mol. The van der Waals surface area contributed by atoms with Crippen molar-refractivity contribution in [2.75, 3.05) is 11.5 Å². The summed E-state index contributed by atoms with van der Waals surface area (Å²) in [5.41, 5.74) is 5.94. The molecule has 4 rings (SSSR count). The van der Waals surface area contributed by atoms with E-state index in [4.69, 9.17) is 9.47 Å². The molecule has 7 heteroatoms. The number of carbonyl (C=O) groups excluding carboxylic acids is 3. The van der Waals surface area contributed by atoms with E-state index in [1.807, 2.05) is 40.7 Å². The van der Waals surface area contributed by atoms with Gasteiger partial charge in [0.05, 0.1) is 12.3 Å². The maximum atomic E-state index is 13.3. The van der Waals surface area contributed by atoms with Crippen LogP contribution in [0.3, 0.4) is 0 Å². The summed E-state index contributed by atoms with van der Waals surface area (Å²) < 4.78 is 11.8. The molecule has 1 fully saturated rings. The van der Waals surface area contributed by atoms with Gasteiger partial charge in [-0.25, -0.2) is 9.69 Å². The molecule has 1 aliphatic rings. The molecule has 4 amide bonds. The van der Waals surface area contributed by atoms with Gasteiger partial charge in [0.2, 0.25) is 0 Å². The highest BCUT2D eigenvalue weighted by Crippen LogP contribution is 2.32. The number of aryl methyl sites for hydroxylation is 3. The standard InChI is InChI=1S/C30H30N2O5/c1-6-36-27-16-22(10-11-26(27)37-17-23-13-18(2)12-19(3)14-23)15-24-28(33)31-30(35)32(29(24)34)25-9-7-8-20(4)21(25)5/h7-16H,6,17H2,1-5H3,(H,31,33,35)/b24-15+. The second-order valence-corrected chi connectivity index (χ2v) is 9.10. The van der Waals surface area contributed by atoms with Gasteiger partial charge in [-0.05, 0) is 81.1 Å². The Kier molecular flexibility index (Phi) is 7.43. The molecule has 1 saturated heterocycles. The molecular formula is C30H30N2O5. The third kappa shape index (κ3) is 5.56. The first-order valence-corrected chi connectivity index (χ1v) is 12.1. The lowest BCUT2D eigenvalue weighted by atomic mass is 10.0. The van der Waals surface area contributed by atoms with Gasteiger partial charge in [0.25, 0.3) is 11.8 Å². The minimum atomic E-state index is -0.772. The zero-order valence-electron chi connectivity index (χ0n) is 21.7. The lowest BCUT2D eigenvalue weighted by molar-refractivity contribution is -0.122. The number of imide groups is 2. The normalized spacial score (nSPS) is 14.7. The first-order chi connectivity index (χ1) is 17.7. The number of rotatable bonds is 7. The second kappa shape index (κ2) is 10.7. The SMILES string of the molecule is CCOc1cc(/C=C2\C(=O)NC(=O)N(c3cccc(C)c3C)C2=O)ccc1OCc1cc(C)cc(C)c1. The fourth-order valence-corrected chi connectivity index (χ4v) is 4.34. The summed E-state index contributed by atoms with van der Waals surface area (Å²) in [6.45, 7) is 10.5. The average Bonchev–Trinajstić information content (AvgIpc) is 2.83. The molecule has 0 saturated carbocycles. The number of anilines is 1. The Bertz CT molecular complexity index is 1400. The maximum absolute atomic E-state index is 13.3. The highest BCUT2D eigenvalue weighted by atomic mass is 16.5. The highest BCUT2D eigenvalue weighted by molar-refractivity contribution is 6.39. The largest absolute Gasteiger partial charge is 0.490 e. The summed E-state index contributed by atoms with van der Waals surface area (Å²) in [6.07, 6.45) is 1.46. The van der Waals surface area contributed by atoms with E-state index in [0.29, 0.717) is 36.0 Å². The fraction of sp³-hybridized carbons (Fsp3) is 0.233. The van der Waals surface area contributed by atoms with Gasteiger partial charge < -0.3 is 9.47 Å². The smallest absolute Gasteiger partial charge is 0.335 e. The summed E-state index contributed by atoms with van der Waals surface area (Å²) in [5, 5.41) is 2.28. The van der Waals surface area contributed by atoms with Crippen molar-refractivity contribution in [3.05, 3.63) is 93.6 Å². The van der Waals surface area contributed by atoms with E-state index in [0.717, 1.165) is 32.7 Å². The summed E-state index contributed by atoms with van der Waals surface area (Å²) in [7, 11) is 0. The molecule has 1 aliphatic heterocycles. The van der Waals surface area contributed by atoms with Crippen LogP contribution < -0.4 is 19.7 Å². The van der Waals surface area contributed by atoms with Crippen LogP contribution in [0.4, 0.5) is 10.5 Å². The van der Waals surface area contributed by atoms with E-state index < -0.39 is 17.8 Å². The van der Waals surface area contributed by atoms with Gasteiger partial charge in [0.15, 0.2) is 11.5 Å². The minimum Gasteiger partial charge on any atom is -0.490 e. The van der Waals surface area contributed by atoms with Gasteiger partial charge in [0, 0.05) is 0 Å². The van der Waals surface area contributed by atoms with Crippen molar-refractivity contribution in [2.45, 2.75) is 41.2 Å². The highest BCUT2D eigenvalue weighted by Gasteiger charge is 2.37. The van der Waals surface area contributed by atoms with Crippen LogP contribution in [0.5, 0.6) is 11.5 Å². The van der Waals surface area contributed by atoms with Crippen molar-refractivity contribution in [1.29, 1.82) is 0 Å². The number of hydrogen-bond donors (Lipinski definition) is 1. The zero-order valence-corrected chi connectivity index (χ0v) is 21.7. The van der Waals surface area contributed by atoms with E-state index in [-0.39, 0.29) is 5.57 Å². The Hall–Kier alpha value is -4.39. The zero-order chi connectivity index (χ0) is 26.7. The van der Waals surface area contributed by atoms with Crippen LogP contribution in [-0.2, 0) is 16.2 Å². The summed E-state index contributed by atoms with van der Waals surface area (Å²) in [4.78, 5) is 39.6. The number of urea groups is 1. The topological polar surface area (TPSA) is 84.9 Å². The van der Waals surface area contributed by atoms with Crippen molar-refractivity contribution >= 4 is 29.6 Å². The third-order valence-corrected chi connectivity index (χ3v) is 6.17. The second-order valence-electron chi connectivity index (χ2n) is 9.10. The Morgan fingerprint density at radius 2 is 1.59 bits per heavy atom. The van der Waals surface area contributed by atoms with Crippen molar-refractivity contribution in [3.8, 4) is 11.5 Å². The van der Waals surface area contributed by atoms with Gasteiger partial charge >= 0.3 is 6.03 Å². The molecule has 190 valence electrons. The van der Waals surface area contributed by atoms with E-state index >= 15 is 0 Å². The van der Waals surface area contributed by atoms with Crippen LogP contribution in [0.25, 0.3) is 6.08 Å². The van der Waals surface area contributed by atoms with Crippen LogP contribution in [0.2, 0.25) is 0 Å². The molecule has 0 spiro atoms. The molecule has 0 radical (unpaired) electrons. The summed E-state index contributed by atoms with van der Waals surface area (Å²) in [6, 6.07) is 16.0. The number of hydrogen-bond acceptors (Lipinski definition) is 5. The van der Waals surface area contributed by atoms with Crippen LogP contribution in [0.1, 0.15) is 40.3 Å². The first-order valence-electron chi connectivity index (χ1n) is 12.1. The van der Waals surface area contributed by atoms with Crippen molar-refractivity contribution in [3.63, 3.8) is 0 Å². The first kappa shape index (κ1) is 25.7. The van der Waals surface area contributed by atoms with Crippen LogP contribution in [0.15, 0.2) is 60.2 Å². The van der Waals surface area contributed by atoms with Crippen molar-refractivity contribution in [2.24, 2.45) is 0 Å². The van der Waals surface area contributed by atoms with Crippen LogP contribution in [0, 0.1) is 27.7 Å². The number of nitrogens with zero attached hydrogens (tertiary/aromatic N) is 1. The van der Waals surface area contributed by atoms with E-state index in [1.54, 1.807) is 30.3 Å². The Labute approximate surface area is 216 Å². The fourth-order valence-electron chi connectivity index (χ4n) is 4.34. The molecule has 3 aromatic rings. The Morgan fingerprint density at radius 3 is 2.30 bits per heavy atom.